The molecule has 2 amide bonds. The van der Waals surface area contributed by atoms with E-state index in [2.05, 4.69) is 22.5 Å². The number of ether oxygens (including phenoxy) is 5. The number of anilines is 1. The summed E-state index contributed by atoms with van der Waals surface area (Å²) in [5, 5.41) is 6.19. The van der Waals surface area contributed by atoms with Gasteiger partial charge in [-0.1, -0.05) is 6.92 Å². The third-order valence-corrected chi connectivity index (χ3v) is 17.1. The first-order valence-corrected chi connectivity index (χ1v) is 28.0. The van der Waals surface area contributed by atoms with Crippen LogP contribution in [0.5, 0.6) is 0 Å². The number of aromatic amines is 1. The molecule has 0 radical (unpaired) electrons. The number of nitrogens with one attached hydrogen (secondary N) is 3. The van der Waals surface area contributed by atoms with E-state index in [1.165, 1.54) is 14.2 Å². The van der Waals surface area contributed by atoms with Gasteiger partial charge in [0.2, 0.25) is 0 Å². The Hall–Kier alpha value is -3.57. The van der Waals surface area contributed by atoms with Crippen molar-refractivity contribution < 1.29 is 68.9 Å². The Labute approximate surface area is 425 Å². The topological polar surface area (TPSA) is 184 Å². The van der Waals surface area contributed by atoms with Crippen molar-refractivity contribution in [1.29, 1.82) is 0 Å². The Balaban J connectivity index is 3.06. The van der Waals surface area contributed by atoms with E-state index in [0.29, 0.717) is 55.5 Å². The van der Waals surface area contributed by atoms with Crippen LogP contribution < -0.4 is 31.8 Å². The molecule has 0 aromatic carbocycles. The number of alkyl halides is 1. The number of rotatable bonds is 29. The second kappa shape index (κ2) is 27.9. The summed E-state index contributed by atoms with van der Waals surface area (Å²) in [5.74, 6) is -2.03. The van der Waals surface area contributed by atoms with Gasteiger partial charge in [-0.05, 0) is 20.3 Å². The molecule has 0 spiro atoms. The zero-order valence-electron chi connectivity index (χ0n) is 45.8. The number of H-pyrrole nitrogens is 1. The molecule has 69 heavy (non-hydrogen) atoms. The van der Waals surface area contributed by atoms with Crippen LogP contribution in [0.2, 0.25) is 0 Å². The second-order valence-electron chi connectivity index (χ2n) is 20.9. The van der Waals surface area contributed by atoms with E-state index < -0.39 is 67.5 Å². The summed E-state index contributed by atoms with van der Waals surface area (Å²) in [5.41, 5.74) is -0.602. The van der Waals surface area contributed by atoms with Crippen LogP contribution in [0.4, 0.5) is 5.82 Å². The van der Waals surface area contributed by atoms with Gasteiger partial charge in [-0.3, -0.25) is 0 Å². The molecule has 1 aliphatic rings. The van der Waals surface area contributed by atoms with Crippen molar-refractivity contribution in [3.8, 4) is 0 Å². The van der Waals surface area contributed by atoms with Gasteiger partial charge < -0.3 is 0 Å². The van der Waals surface area contributed by atoms with Crippen LogP contribution in [0.3, 0.4) is 0 Å². The number of carbonyl (C=O) groups is 5. The molecular formula is C54H90IN4O10-. The summed E-state index contributed by atoms with van der Waals surface area (Å²) >= 11 is -0.866. The van der Waals surface area contributed by atoms with Gasteiger partial charge in [0.1, 0.15) is 0 Å². The van der Waals surface area contributed by atoms with Gasteiger partial charge in [-0.25, -0.2) is 0 Å². The van der Waals surface area contributed by atoms with Crippen LogP contribution >= 0.6 is 0 Å². The summed E-state index contributed by atoms with van der Waals surface area (Å²) in [7, 11) is 3.05. The van der Waals surface area contributed by atoms with Crippen molar-refractivity contribution >= 4 is 47.5 Å². The number of amidine groups is 1. The van der Waals surface area contributed by atoms with Crippen molar-refractivity contribution in [3.05, 3.63) is 31.7 Å². The summed E-state index contributed by atoms with van der Waals surface area (Å²) in [6.45, 7) is 33.9. The Morgan fingerprint density at radius 1 is 0.710 bits per heavy atom. The van der Waals surface area contributed by atoms with Crippen molar-refractivity contribution in [2.45, 2.75) is 175 Å². The molecule has 2 rings (SSSR count). The zero-order valence-corrected chi connectivity index (χ0v) is 48.0. The van der Waals surface area contributed by atoms with Gasteiger partial charge >= 0.3 is 401 Å². The standard InChI is InChI=1S/C54H90IN4O10/c1-20-27-55-42-38(29-37-39(32(6)7)40(47(60)68-43(33(8)9)34(10)11)45(56-37)58-50(63)54(24-5,30-65-18)31-66-19)57-46(41(42)48(61)69-44(35(12)13)36(14)15)59-49(62)53(22-3,23-4)26-25-28-67-51(64)52(16,17)21-2/h29,32-36,43-44,57H,20-28,30-31H2,1-19H3,(H,59,62)(H,56,58,63)/q-1. The van der Waals surface area contributed by atoms with Crippen molar-refractivity contribution in [2.24, 2.45) is 50.8 Å². The molecule has 1 aliphatic heterocycles. The van der Waals surface area contributed by atoms with E-state index in [0.717, 1.165) is 14.4 Å². The number of carbonyl (C=O) groups excluding carboxylic acids is 5. The average Bonchev–Trinajstić information content (AvgIpc) is 3.82. The Kier molecular flexibility index (Phi) is 24.9. The van der Waals surface area contributed by atoms with Gasteiger partial charge in [0.15, 0.2) is 0 Å². The fraction of sp³-hybridized carbons (Fsp3) is 0.741. The first kappa shape index (κ1) is 61.5. The quantitative estimate of drug-likeness (QED) is 0.0236. The van der Waals surface area contributed by atoms with E-state index >= 15 is 0 Å². The summed E-state index contributed by atoms with van der Waals surface area (Å²) in [6, 6.07) is 0. The molecule has 14 nitrogen and oxygen atoms in total. The van der Waals surface area contributed by atoms with Gasteiger partial charge in [-0.2, -0.15) is 0 Å². The maximum absolute atomic E-state index is 14.8. The van der Waals surface area contributed by atoms with Crippen LogP contribution in [0.15, 0.2) is 21.8 Å². The summed E-state index contributed by atoms with van der Waals surface area (Å²) in [4.78, 5) is 79.9. The third kappa shape index (κ3) is 15.7. The summed E-state index contributed by atoms with van der Waals surface area (Å²) in [6.07, 6.45) is 4.83. The third-order valence-electron chi connectivity index (χ3n) is 13.6. The molecule has 0 saturated heterocycles. The second-order valence-corrected chi connectivity index (χ2v) is 23.9. The number of aliphatic imine (C=N–C) groups is 1. The van der Waals surface area contributed by atoms with Crippen LogP contribution in [-0.4, -0.2) is 91.2 Å². The predicted octanol–water partition coefficient (Wildman–Crippen LogP) is 7.76. The molecule has 0 bridgehead atoms. The molecule has 2 heterocycles. The normalized spacial score (nSPS) is 14.4. The van der Waals surface area contributed by atoms with E-state index in [-0.39, 0.29) is 84.1 Å². The van der Waals surface area contributed by atoms with E-state index in [9.17, 15) is 24.0 Å². The molecule has 0 fully saturated rings. The minimum atomic E-state index is -1.09. The van der Waals surface area contributed by atoms with Crippen LogP contribution in [-0.2, 0) is 42.9 Å². The molecular weight excluding hydrogens is 992 g/mol. The van der Waals surface area contributed by atoms with E-state index in [4.69, 9.17) is 28.7 Å². The van der Waals surface area contributed by atoms with Crippen molar-refractivity contribution in [1.82, 2.24) is 10.3 Å². The van der Waals surface area contributed by atoms with E-state index in [1.807, 2.05) is 117 Å². The Morgan fingerprint density at radius 3 is 1.67 bits per heavy atom. The first-order chi connectivity index (χ1) is 32.3. The molecule has 1 aromatic heterocycles. The van der Waals surface area contributed by atoms with Gasteiger partial charge in [0, 0.05) is 0 Å². The number of amides is 2. The molecule has 1 aromatic rings. The van der Waals surface area contributed by atoms with Crippen molar-refractivity contribution in [3.63, 3.8) is 0 Å². The monoisotopic (exact) mass is 1080 g/mol. The van der Waals surface area contributed by atoms with Gasteiger partial charge in [-0.15, -0.1) is 0 Å². The average molecular weight is 1080 g/mol. The number of allylic oxidation sites excluding steroid dienone is 1. The van der Waals surface area contributed by atoms with E-state index in [1.54, 1.807) is 0 Å². The maximum atomic E-state index is 14.8. The number of methoxy groups -OCH3 is 2. The molecule has 0 saturated carbocycles. The Morgan fingerprint density at radius 2 is 1.22 bits per heavy atom. The fourth-order valence-corrected chi connectivity index (χ4v) is 11.5. The van der Waals surface area contributed by atoms with Gasteiger partial charge in [0.25, 0.3) is 0 Å². The number of esters is 3. The molecule has 0 aliphatic carbocycles. The molecule has 0 unspecified atom stereocenters. The molecule has 15 heteroatoms. The number of nitrogens with zero attached hydrogens (tertiary/aromatic N) is 1. The zero-order chi connectivity index (χ0) is 52.6. The van der Waals surface area contributed by atoms with Crippen LogP contribution in [0, 0.1) is 49.4 Å². The molecule has 3 N–H and O–H groups in total. The number of hydrogen-bond acceptors (Lipinski definition) is 11. The number of halogens is 1. The van der Waals surface area contributed by atoms with Crippen LogP contribution in [0.25, 0.3) is 6.08 Å². The van der Waals surface area contributed by atoms with Crippen LogP contribution in [0.1, 0.15) is 179 Å². The van der Waals surface area contributed by atoms with Crippen molar-refractivity contribution in [2.75, 3.05) is 43.8 Å². The first-order valence-electron chi connectivity index (χ1n) is 25.4. The fourth-order valence-electron chi connectivity index (χ4n) is 8.81. The number of hydrogen-bond donors (Lipinski definition) is 3. The Bertz CT molecular complexity index is 1970. The summed E-state index contributed by atoms with van der Waals surface area (Å²) < 4.78 is 30.9. The molecule has 0 atom stereocenters. The minimum absolute atomic E-state index is 0.0104. The van der Waals surface area contributed by atoms with Gasteiger partial charge in [0.05, 0.1) is 0 Å². The predicted molar refractivity (Wildman–Crippen MR) is 271 cm³/mol. The molecule has 394 valence electrons. The SMILES string of the molecule is CCC[I-]c1c(C=C2N=C(NC(=O)C(CC)(COC)COC)C(C(=O)OC(C(C)C)C(C)C)=C2C(C)C)[nH]c(NC(=O)C(CC)(CC)CCCOC(=O)C(C)(C)CC)c1C(=O)OC(C(C)C)C(C)C. The number of aromatic nitrogens is 1.